The Hall–Kier alpha value is -3.35. The number of rotatable bonds is 8. The van der Waals surface area contributed by atoms with Crippen molar-refractivity contribution >= 4 is 18.0 Å². The molecular formula is C28H32N2O5. The monoisotopic (exact) mass is 476 g/mol. The van der Waals surface area contributed by atoms with Crippen molar-refractivity contribution in [2.24, 2.45) is 17.8 Å². The van der Waals surface area contributed by atoms with Crippen molar-refractivity contribution in [1.29, 1.82) is 0 Å². The zero-order valence-electron chi connectivity index (χ0n) is 19.7. The number of ether oxygens (including phenoxy) is 1. The third-order valence-corrected chi connectivity index (χ3v) is 7.76. The number of benzene rings is 2. The van der Waals surface area contributed by atoms with Crippen LogP contribution in [-0.2, 0) is 14.3 Å². The van der Waals surface area contributed by atoms with Gasteiger partial charge in [-0.05, 0) is 59.8 Å². The number of carbonyl (C=O) groups excluding carboxylic acids is 2. The van der Waals surface area contributed by atoms with E-state index in [1.54, 1.807) is 0 Å². The molecule has 35 heavy (non-hydrogen) atoms. The Morgan fingerprint density at radius 2 is 1.54 bits per heavy atom. The predicted octanol–water partition coefficient (Wildman–Crippen LogP) is 4.31. The van der Waals surface area contributed by atoms with Crippen LogP contribution in [0.25, 0.3) is 11.1 Å². The van der Waals surface area contributed by atoms with Gasteiger partial charge in [0, 0.05) is 18.4 Å². The minimum absolute atomic E-state index is 0.00303. The maximum absolute atomic E-state index is 12.9. The molecule has 2 saturated carbocycles. The van der Waals surface area contributed by atoms with Crippen LogP contribution in [0.1, 0.15) is 55.6 Å². The first kappa shape index (κ1) is 23.4. The lowest BCUT2D eigenvalue weighted by Crippen LogP contribution is -2.48. The van der Waals surface area contributed by atoms with Gasteiger partial charge in [-0.3, -0.25) is 4.79 Å². The fourth-order valence-electron chi connectivity index (χ4n) is 5.73. The molecule has 3 N–H and O–H groups in total. The molecule has 3 aliphatic rings. The SMILES string of the molecule is O=C(NC[C@@H]1CCCC[C@@H]1C(=O)NC(C(=O)O)C1CC1)OCC1c2ccccc2-c2ccccc21. The molecule has 1 unspecified atom stereocenters. The fraction of sp³-hybridized carbons (Fsp3) is 0.464. The Bertz CT molecular complexity index is 1070. The van der Waals surface area contributed by atoms with Gasteiger partial charge in [-0.25, -0.2) is 9.59 Å². The third kappa shape index (κ3) is 5.04. The van der Waals surface area contributed by atoms with Crippen molar-refractivity contribution in [3.05, 3.63) is 59.7 Å². The molecule has 0 saturated heterocycles. The molecule has 2 amide bonds. The van der Waals surface area contributed by atoms with Crippen molar-refractivity contribution in [3.63, 3.8) is 0 Å². The van der Waals surface area contributed by atoms with Crippen LogP contribution in [0.4, 0.5) is 4.79 Å². The van der Waals surface area contributed by atoms with Gasteiger partial charge in [0.25, 0.3) is 0 Å². The molecule has 0 radical (unpaired) electrons. The van der Waals surface area contributed by atoms with Crippen molar-refractivity contribution in [3.8, 4) is 11.1 Å². The first-order valence-corrected chi connectivity index (χ1v) is 12.6. The molecule has 3 atom stereocenters. The summed E-state index contributed by atoms with van der Waals surface area (Å²) in [5, 5.41) is 15.1. The van der Waals surface area contributed by atoms with Gasteiger partial charge < -0.3 is 20.5 Å². The van der Waals surface area contributed by atoms with Crippen LogP contribution in [0.5, 0.6) is 0 Å². The van der Waals surface area contributed by atoms with Gasteiger partial charge in [0.1, 0.15) is 12.6 Å². The van der Waals surface area contributed by atoms with Gasteiger partial charge in [0.15, 0.2) is 0 Å². The molecular weight excluding hydrogens is 444 g/mol. The summed E-state index contributed by atoms with van der Waals surface area (Å²) in [6.45, 7) is 0.589. The number of hydrogen-bond acceptors (Lipinski definition) is 4. The molecule has 7 nitrogen and oxygen atoms in total. The van der Waals surface area contributed by atoms with Gasteiger partial charge in [0.05, 0.1) is 0 Å². The van der Waals surface area contributed by atoms with E-state index in [4.69, 9.17) is 4.74 Å². The quantitative estimate of drug-likeness (QED) is 0.527. The van der Waals surface area contributed by atoms with Gasteiger partial charge in [-0.1, -0.05) is 61.4 Å². The average Bonchev–Trinajstić information content (AvgIpc) is 3.67. The molecule has 0 heterocycles. The van der Waals surface area contributed by atoms with E-state index >= 15 is 0 Å². The average molecular weight is 477 g/mol. The van der Waals surface area contributed by atoms with Crippen molar-refractivity contribution < 1.29 is 24.2 Å². The number of carboxylic acids is 1. The summed E-state index contributed by atoms with van der Waals surface area (Å²) >= 11 is 0. The molecule has 3 aliphatic carbocycles. The van der Waals surface area contributed by atoms with E-state index in [0.717, 1.165) is 43.2 Å². The first-order chi connectivity index (χ1) is 17.0. The summed E-state index contributed by atoms with van der Waals surface area (Å²) in [5.74, 6) is -1.46. The zero-order chi connectivity index (χ0) is 24.4. The van der Waals surface area contributed by atoms with Gasteiger partial charge in [-0.15, -0.1) is 0 Å². The second-order valence-corrected chi connectivity index (χ2v) is 10.0. The van der Waals surface area contributed by atoms with Crippen LogP contribution in [0.3, 0.4) is 0 Å². The Morgan fingerprint density at radius 3 is 2.17 bits per heavy atom. The van der Waals surface area contributed by atoms with Crippen LogP contribution in [0, 0.1) is 17.8 Å². The van der Waals surface area contributed by atoms with Gasteiger partial charge in [-0.2, -0.15) is 0 Å². The molecule has 0 aliphatic heterocycles. The minimum atomic E-state index is -0.968. The number of nitrogens with one attached hydrogen (secondary N) is 2. The normalized spacial score (nSPS) is 21.9. The first-order valence-electron chi connectivity index (χ1n) is 12.6. The van der Waals surface area contributed by atoms with E-state index in [9.17, 15) is 19.5 Å². The van der Waals surface area contributed by atoms with Gasteiger partial charge in [0.2, 0.25) is 5.91 Å². The third-order valence-electron chi connectivity index (χ3n) is 7.76. The van der Waals surface area contributed by atoms with E-state index in [0.29, 0.717) is 13.0 Å². The Labute approximate surface area is 205 Å². The van der Waals surface area contributed by atoms with Crippen molar-refractivity contribution in [1.82, 2.24) is 10.6 Å². The lowest BCUT2D eigenvalue weighted by atomic mass is 9.78. The maximum Gasteiger partial charge on any atom is 0.407 e. The predicted molar refractivity (Wildman–Crippen MR) is 131 cm³/mol. The summed E-state index contributed by atoms with van der Waals surface area (Å²) in [7, 11) is 0. The highest BCUT2D eigenvalue weighted by Gasteiger charge is 2.40. The number of fused-ring (bicyclic) bond motifs is 3. The van der Waals surface area contributed by atoms with Crippen molar-refractivity contribution in [2.45, 2.75) is 50.5 Å². The largest absolute Gasteiger partial charge is 0.480 e. The second-order valence-electron chi connectivity index (χ2n) is 10.0. The van der Waals surface area contributed by atoms with E-state index in [1.165, 1.54) is 11.1 Å². The summed E-state index contributed by atoms with van der Waals surface area (Å²) in [5.41, 5.74) is 4.68. The van der Waals surface area contributed by atoms with Crippen LogP contribution < -0.4 is 10.6 Å². The highest BCUT2D eigenvalue weighted by atomic mass is 16.5. The number of carboxylic acid groups (broad SMARTS) is 1. The topological polar surface area (TPSA) is 105 Å². The Kier molecular flexibility index (Phi) is 6.75. The number of alkyl carbamates (subject to hydrolysis) is 1. The number of carbonyl (C=O) groups is 3. The second kappa shape index (κ2) is 10.1. The summed E-state index contributed by atoms with van der Waals surface area (Å²) < 4.78 is 5.63. The summed E-state index contributed by atoms with van der Waals surface area (Å²) in [6, 6.07) is 15.6. The highest BCUT2D eigenvalue weighted by molar-refractivity contribution is 5.85. The molecule has 7 heteroatoms. The summed E-state index contributed by atoms with van der Waals surface area (Å²) in [6.07, 6.45) is 4.65. The smallest absolute Gasteiger partial charge is 0.407 e. The minimum Gasteiger partial charge on any atom is -0.480 e. The molecule has 5 rings (SSSR count). The Balaban J connectivity index is 1.16. The van der Waals surface area contributed by atoms with E-state index < -0.39 is 18.1 Å². The molecule has 0 aromatic heterocycles. The lowest BCUT2D eigenvalue weighted by Gasteiger charge is -2.31. The molecule has 0 bridgehead atoms. The molecule has 2 fully saturated rings. The van der Waals surface area contributed by atoms with Crippen LogP contribution in [0.15, 0.2) is 48.5 Å². The van der Waals surface area contributed by atoms with Gasteiger partial charge >= 0.3 is 12.1 Å². The van der Waals surface area contributed by atoms with Crippen LogP contribution in [-0.4, -0.2) is 42.3 Å². The van der Waals surface area contributed by atoms with Crippen LogP contribution in [0.2, 0.25) is 0 Å². The number of aliphatic carboxylic acids is 1. The van der Waals surface area contributed by atoms with Crippen LogP contribution >= 0.6 is 0 Å². The van der Waals surface area contributed by atoms with Crippen molar-refractivity contribution in [2.75, 3.05) is 13.2 Å². The molecule has 0 spiro atoms. The van der Waals surface area contributed by atoms with E-state index in [-0.39, 0.29) is 36.2 Å². The fourth-order valence-corrected chi connectivity index (χ4v) is 5.73. The Morgan fingerprint density at radius 1 is 0.914 bits per heavy atom. The standard InChI is InChI=1S/C28H32N2O5/c31-26(30-25(27(32)33)17-13-14-17)19-8-2-1-7-18(19)15-29-28(34)35-16-24-22-11-5-3-9-20(22)21-10-4-6-12-23(21)24/h3-6,9-12,17-19,24-25H,1-2,7-8,13-16H2,(H,29,34)(H,30,31)(H,32,33)/t18-,19-,25?/m0/s1. The van der Waals surface area contributed by atoms with E-state index in [1.807, 2.05) is 24.3 Å². The number of hydrogen-bond donors (Lipinski definition) is 3. The molecule has 184 valence electrons. The van der Waals surface area contributed by atoms with E-state index in [2.05, 4.69) is 34.9 Å². The zero-order valence-corrected chi connectivity index (χ0v) is 19.7. The highest BCUT2D eigenvalue weighted by Crippen LogP contribution is 2.44. The maximum atomic E-state index is 12.9. The number of amides is 2. The molecule has 2 aromatic rings. The molecule has 2 aromatic carbocycles. The summed E-state index contributed by atoms with van der Waals surface area (Å²) in [4.78, 5) is 37.1. The lowest BCUT2D eigenvalue weighted by molar-refractivity contribution is -0.143.